The first-order chi connectivity index (χ1) is 15.7. The summed E-state index contributed by atoms with van der Waals surface area (Å²) in [4.78, 5) is 5.70. The molecule has 1 unspecified atom stereocenters. The lowest BCUT2D eigenvalue weighted by Gasteiger charge is -2.28. The molecule has 2 aromatic heterocycles. The second kappa shape index (κ2) is 9.33. The maximum Gasteiger partial charge on any atom is 0.269 e. The zero-order chi connectivity index (χ0) is 23.6. The van der Waals surface area contributed by atoms with Crippen LogP contribution in [0.25, 0.3) is 11.0 Å². The lowest BCUT2D eigenvalue weighted by atomic mass is 9.80. The van der Waals surface area contributed by atoms with Gasteiger partial charge in [0.1, 0.15) is 0 Å². The summed E-state index contributed by atoms with van der Waals surface area (Å²) in [7, 11) is -3.93. The Morgan fingerprint density at radius 2 is 1.73 bits per heavy atom. The molecule has 0 aliphatic rings. The molecule has 0 amide bonds. The van der Waals surface area contributed by atoms with Crippen molar-refractivity contribution in [3.8, 4) is 0 Å². The average molecular weight is 481 g/mol. The van der Waals surface area contributed by atoms with Gasteiger partial charge in [-0.3, -0.25) is 0 Å². The highest BCUT2D eigenvalue weighted by Crippen LogP contribution is 2.36. The molecule has 4 aromatic rings. The third-order valence-corrected chi connectivity index (χ3v) is 8.23. The van der Waals surface area contributed by atoms with Gasteiger partial charge in [0.15, 0.2) is 5.65 Å². The van der Waals surface area contributed by atoms with Gasteiger partial charge in [-0.25, -0.2) is 17.4 Å². The molecule has 1 N–H and O–H groups in total. The van der Waals surface area contributed by atoms with Crippen molar-refractivity contribution in [2.45, 2.75) is 42.6 Å². The Morgan fingerprint density at radius 1 is 1.03 bits per heavy atom. The summed E-state index contributed by atoms with van der Waals surface area (Å²) in [6.07, 6.45) is 3.81. The molecule has 0 aliphatic heterocycles. The smallest absolute Gasteiger partial charge is 0.269 e. The zero-order valence-corrected chi connectivity index (χ0v) is 20.6. The van der Waals surface area contributed by atoms with E-state index in [0.29, 0.717) is 23.1 Å². The van der Waals surface area contributed by atoms with E-state index in [1.807, 2.05) is 12.3 Å². The lowest BCUT2D eigenvalue weighted by Crippen LogP contribution is -2.23. The minimum atomic E-state index is -3.93. The number of nitrogens with zero attached hydrogens (tertiary/aromatic N) is 2. The Hall–Kier alpha value is -2.61. The standard InChI is InChI=1S/C26H28N2O3S2/c1-26(2,17-19-11-13-21(32-3)14-12-19)18-24(29)23-16-20-8-7-15-27-25(20)28(23)33(30,31)22-9-5-4-6-10-22/h4-16,24,29H,17-18H2,1-3H3. The van der Waals surface area contributed by atoms with E-state index in [4.69, 9.17) is 0 Å². The summed E-state index contributed by atoms with van der Waals surface area (Å²) >= 11 is 1.70. The van der Waals surface area contributed by atoms with E-state index in [1.54, 1.807) is 60.4 Å². The monoisotopic (exact) mass is 480 g/mol. The van der Waals surface area contributed by atoms with Gasteiger partial charge >= 0.3 is 0 Å². The molecular weight excluding hydrogens is 452 g/mol. The number of aliphatic hydroxyl groups is 1. The maximum atomic E-state index is 13.6. The van der Waals surface area contributed by atoms with E-state index >= 15 is 0 Å². The highest BCUT2D eigenvalue weighted by atomic mass is 32.2. The van der Waals surface area contributed by atoms with Gasteiger partial charge in [-0.15, -0.1) is 11.8 Å². The predicted octanol–water partition coefficient (Wildman–Crippen LogP) is 5.69. The van der Waals surface area contributed by atoms with Crippen LogP contribution >= 0.6 is 11.8 Å². The highest BCUT2D eigenvalue weighted by molar-refractivity contribution is 7.98. The number of fused-ring (bicyclic) bond motifs is 1. The van der Waals surface area contributed by atoms with Gasteiger partial charge in [0.2, 0.25) is 0 Å². The molecule has 0 saturated carbocycles. The summed E-state index contributed by atoms with van der Waals surface area (Å²) < 4.78 is 28.3. The molecule has 172 valence electrons. The van der Waals surface area contributed by atoms with E-state index in [0.717, 1.165) is 6.42 Å². The fraction of sp³-hybridized carbons (Fsp3) is 0.269. The average Bonchev–Trinajstić information content (AvgIpc) is 3.20. The van der Waals surface area contributed by atoms with Crippen molar-refractivity contribution in [1.29, 1.82) is 0 Å². The second-order valence-electron chi connectivity index (χ2n) is 8.98. The van der Waals surface area contributed by atoms with Crippen molar-refractivity contribution < 1.29 is 13.5 Å². The van der Waals surface area contributed by atoms with Crippen LogP contribution in [0.4, 0.5) is 0 Å². The van der Waals surface area contributed by atoms with Crippen molar-refractivity contribution in [3.05, 3.63) is 90.3 Å². The molecule has 0 bridgehead atoms. The Balaban J connectivity index is 1.69. The van der Waals surface area contributed by atoms with Crippen LogP contribution in [0.5, 0.6) is 0 Å². The van der Waals surface area contributed by atoms with Crippen molar-refractivity contribution in [2.24, 2.45) is 5.41 Å². The quantitative estimate of drug-likeness (QED) is 0.328. The number of aromatic nitrogens is 2. The molecule has 0 fully saturated rings. The Kier molecular flexibility index (Phi) is 6.66. The largest absolute Gasteiger partial charge is 0.387 e. The van der Waals surface area contributed by atoms with Gasteiger partial charge in [0.25, 0.3) is 10.0 Å². The summed E-state index contributed by atoms with van der Waals surface area (Å²) in [5.74, 6) is 0. The van der Waals surface area contributed by atoms with Gasteiger partial charge < -0.3 is 5.11 Å². The Morgan fingerprint density at radius 3 is 2.39 bits per heavy atom. The van der Waals surface area contributed by atoms with Crippen LogP contribution in [-0.2, 0) is 16.4 Å². The summed E-state index contributed by atoms with van der Waals surface area (Å²) in [5, 5.41) is 12.0. The molecule has 0 spiro atoms. The zero-order valence-electron chi connectivity index (χ0n) is 19.0. The van der Waals surface area contributed by atoms with Crippen molar-refractivity contribution >= 4 is 32.8 Å². The Labute approximate surface area is 199 Å². The molecule has 33 heavy (non-hydrogen) atoms. The van der Waals surface area contributed by atoms with Crippen LogP contribution in [0.3, 0.4) is 0 Å². The van der Waals surface area contributed by atoms with E-state index in [1.165, 1.54) is 14.4 Å². The molecule has 1 atom stereocenters. The van der Waals surface area contributed by atoms with Gasteiger partial charge in [-0.1, -0.05) is 44.2 Å². The predicted molar refractivity (Wildman–Crippen MR) is 134 cm³/mol. The molecule has 7 heteroatoms. The number of pyridine rings is 1. The molecule has 5 nitrogen and oxygen atoms in total. The van der Waals surface area contributed by atoms with Crippen molar-refractivity contribution in [2.75, 3.05) is 6.26 Å². The van der Waals surface area contributed by atoms with Gasteiger partial charge in [0, 0.05) is 16.5 Å². The van der Waals surface area contributed by atoms with E-state index < -0.39 is 16.1 Å². The number of aliphatic hydroxyl groups excluding tert-OH is 1. The maximum absolute atomic E-state index is 13.6. The fourth-order valence-electron chi connectivity index (χ4n) is 4.21. The summed E-state index contributed by atoms with van der Waals surface area (Å²) in [5.41, 5.74) is 1.58. The highest BCUT2D eigenvalue weighted by Gasteiger charge is 2.30. The number of benzene rings is 2. The van der Waals surface area contributed by atoms with Gasteiger partial charge in [0.05, 0.1) is 16.7 Å². The topological polar surface area (TPSA) is 72.2 Å². The second-order valence-corrected chi connectivity index (χ2v) is 11.6. The van der Waals surface area contributed by atoms with E-state index in [9.17, 15) is 13.5 Å². The molecule has 0 radical (unpaired) electrons. The van der Waals surface area contributed by atoms with Crippen molar-refractivity contribution in [1.82, 2.24) is 8.96 Å². The molecule has 0 aliphatic carbocycles. The van der Waals surface area contributed by atoms with Crippen LogP contribution in [0.15, 0.2) is 88.8 Å². The first-order valence-electron chi connectivity index (χ1n) is 10.8. The van der Waals surface area contributed by atoms with Crippen LogP contribution in [0, 0.1) is 5.41 Å². The third-order valence-electron chi connectivity index (χ3n) is 5.76. The number of rotatable bonds is 8. The van der Waals surface area contributed by atoms with E-state index in [2.05, 4.69) is 43.1 Å². The minimum Gasteiger partial charge on any atom is -0.387 e. The van der Waals surface area contributed by atoms with Crippen molar-refractivity contribution in [3.63, 3.8) is 0 Å². The minimum absolute atomic E-state index is 0.162. The van der Waals surface area contributed by atoms with E-state index in [-0.39, 0.29) is 10.3 Å². The summed E-state index contributed by atoms with van der Waals surface area (Å²) in [6.45, 7) is 4.19. The first kappa shape index (κ1) is 23.5. The number of hydrogen-bond acceptors (Lipinski definition) is 5. The Bertz CT molecular complexity index is 1350. The third kappa shape index (κ3) is 5.00. The van der Waals surface area contributed by atoms with Crippen LogP contribution in [0.2, 0.25) is 0 Å². The van der Waals surface area contributed by atoms with Crippen LogP contribution < -0.4 is 0 Å². The van der Waals surface area contributed by atoms with Crippen LogP contribution in [-0.4, -0.2) is 28.7 Å². The SMILES string of the molecule is CSc1ccc(CC(C)(C)CC(O)c2cc3cccnc3n2S(=O)(=O)c2ccccc2)cc1. The van der Waals surface area contributed by atoms with Crippen LogP contribution in [0.1, 0.15) is 37.6 Å². The molecule has 2 heterocycles. The molecule has 2 aromatic carbocycles. The van der Waals surface area contributed by atoms with Gasteiger partial charge in [-0.05, 0) is 72.5 Å². The normalized spacial score (nSPS) is 13.3. The molecule has 0 saturated heterocycles. The lowest BCUT2D eigenvalue weighted by molar-refractivity contribution is 0.110. The van der Waals surface area contributed by atoms with Gasteiger partial charge in [-0.2, -0.15) is 0 Å². The molecular formula is C26H28N2O3S2. The number of thioether (sulfide) groups is 1. The summed E-state index contributed by atoms with van der Waals surface area (Å²) in [6, 6.07) is 22.0. The first-order valence-corrected chi connectivity index (χ1v) is 13.5. The molecule has 4 rings (SSSR count). The fourth-order valence-corrected chi connectivity index (χ4v) is 6.16. The number of hydrogen-bond donors (Lipinski definition) is 1.